The molecule has 0 aliphatic carbocycles. The molecule has 0 fully saturated rings. The predicted octanol–water partition coefficient (Wildman–Crippen LogP) is 1.29. The van der Waals surface area contributed by atoms with Gasteiger partial charge in [-0.1, -0.05) is 26.0 Å². The number of hydrogen-bond acceptors (Lipinski definition) is 4. The Bertz CT molecular complexity index is 634. The minimum Gasteiger partial charge on any atom is -0.481 e. The number of carbonyl (C=O) groups is 1. The molecule has 0 bridgehead atoms. The van der Waals surface area contributed by atoms with E-state index in [4.69, 9.17) is 10.4 Å². The van der Waals surface area contributed by atoms with E-state index in [-0.39, 0.29) is 23.5 Å². The van der Waals surface area contributed by atoms with Gasteiger partial charge in [0.1, 0.15) is 6.07 Å². The van der Waals surface area contributed by atoms with Crippen LogP contribution in [0, 0.1) is 17.2 Å². The molecular weight excluding hydrogens is 280 g/mol. The molecule has 20 heavy (non-hydrogen) atoms. The largest absolute Gasteiger partial charge is 0.481 e. The molecular formula is C13H16N2O4S. The average Bonchev–Trinajstić information content (AvgIpc) is 2.43. The molecule has 0 saturated heterocycles. The molecule has 7 heteroatoms. The van der Waals surface area contributed by atoms with E-state index in [1.807, 2.05) is 6.07 Å². The highest BCUT2D eigenvalue weighted by Crippen LogP contribution is 2.20. The first-order valence-corrected chi connectivity index (χ1v) is 7.50. The van der Waals surface area contributed by atoms with Crippen LogP contribution in [0.4, 0.5) is 0 Å². The fourth-order valence-corrected chi connectivity index (χ4v) is 3.38. The van der Waals surface area contributed by atoms with Crippen LogP contribution >= 0.6 is 0 Å². The zero-order valence-corrected chi connectivity index (χ0v) is 12.1. The third kappa shape index (κ3) is 3.35. The number of nitriles is 1. The lowest BCUT2D eigenvalue weighted by Crippen LogP contribution is -2.37. The van der Waals surface area contributed by atoms with Crippen molar-refractivity contribution >= 4 is 16.0 Å². The molecule has 1 aromatic carbocycles. The van der Waals surface area contributed by atoms with E-state index in [0.29, 0.717) is 0 Å². The van der Waals surface area contributed by atoms with Gasteiger partial charge in [0, 0.05) is 13.1 Å². The van der Waals surface area contributed by atoms with Crippen LogP contribution in [0.2, 0.25) is 0 Å². The van der Waals surface area contributed by atoms with Crippen LogP contribution in [-0.4, -0.2) is 36.9 Å². The summed E-state index contributed by atoms with van der Waals surface area (Å²) in [5.74, 6) is -1.88. The molecule has 1 atom stereocenters. The van der Waals surface area contributed by atoms with Crippen LogP contribution in [0.25, 0.3) is 0 Å². The molecule has 0 aliphatic rings. The SMILES string of the molecule is CCN(CC(C)C(=O)O)S(=O)(=O)c1ccccc1C#N. The lowest BCUT2D eigenvalue weighted by molar-refractivity contribution is -0.141. The summed E-state index contributed by atoms with van der Waals surface area (Å²) in [6.45, 7) is 3.07. The molecule has 0 spiro atoms. The molecule has 0 aliphatic heterocycles. The molecule has 0 heterocycles. The maximum absolute atomic E-state index is 12.5. The Morgan fingerprint density at radius 1 is 1.45 bits per heavy atom. The summed E-state index contributed by atoms with van der Waals surface area (Å²) in [6, 6.07) is 7.71. The van der Waals surface area contributed by atoms with Gasteiger partial charge in [0.05, 0.1) is 16.4 Å². The number of aliphatic carboxylic acids is 1. The van der Waals surface area contributed by atoms with Crippen molar-refractivity contribution in [1.29, 1.82) is 5.26 Å². The summed E-state index contributed by atoms with van der Waals surface area (Å²) in [7, 11) is -3.87. The van der Waals surface area contributed by atoms with Gasteiger partial charge in [-0.05, 0) is 12.1 Å². The molecule has 1 unspecified atom stereocenters. The van der Waals surface area contributed by atoms with Crippen LogP contribution in [-0.2, 0) is 14.8 Å². The number of carboxylic acid groups (broad SMARTS) is 1. The van der Waals surface area contributed by atoms with Gasteiger partial charge in [-0.15, -0.1) is 0 Å². The average molecular weight is 296 g/mol. The van der Waals surface area contributed by atoms with Crippen molar-refractivity contribution in [2.24, 2.45) is 5.92 Å². The smallest absolute Gasteiger partial charge is 0.307 e. The minimum absolute atomic E-state index is 0.0499. The summed E-state index contributed by atoms with van der Waals surface area (Å²) in [4.78, 5) is 10.8. The molecule has 6 nitrogen and oxygen atoms in total. The maximum Gasteiger partial charge on any atom is 0.307 e. The summed E-state index contributed by atoms with van der Waals surface area (Å²) in [6.07, 6.45) is 0. The van der Waals surface area contributed by atoms with Gasteiger partial charge in [-0.2, -0.15) is 9.57 Å². The van der Waals surface area contributed by atoms with E-state index in [1.165, 1.54) is 25.1 Å². The van der Waals surface area contributed by atoms with Gasteiger partial charge >= 0.3 is 5.97 Å². The number of nitrogens with zero attached hydrogens (tertiary/aromatic N) is 2. The molecule has 1 rings (SSSR count). The van der Waals surface area contributed by atoms with Gasteiger partial charge in [-0.3, -0.25) is 4.79 Å². The fraction of sp³-hybridized carbons (Fsp3) is 0.385. The highest BCUT2D eigenvalue weighted by Gasteiger charge is 2.28. The van der Waals surface area contributed by atoms with Crippen LogP contribution in [0.3, 0.4) is 0 Å². The third-order valence-electron chi connectivity index (χ3n) is 2.88. The van der Waals surface area contributed by atoms with Crippen molar-refractivity contribution in [3.63, 3.8) is 0 Å². The first-order chi connectivity index (χ1) is 9.34. The Hall–Kier alpha value is -1.91. The second-order valence-electron chi connectivity index (χ2n) is 4.30. The van der Waals surface area contributed by atoms with Crippen molar-refractivity contribution in [2.75, 3.05) is 13.1 Å². The second-order valence-corrected chi connectivity index (χ2v) is 6.21. The van der Waals surface area contributed by atoms with Crippen LogP contribution in [0.5, 0.6) is 0 Å². The van der Waals surface area contributed by atoms with Crippen LogP contribution in [0.1, 0.15) is 19.4 Å². The standard InChI is InChI=1S/C13H16N2O4S/c1-3-15(9-10(2)13(16)17)20(18,19)12-7-5-4-6-11(12)8-14/h4-7,10H,3,9H2,1-2H3,(H,16,17). The number of benzene rings is 1. The zero-order valence-electron chi connectivity index (χ0n) is 11.3. The molecule has 0 aromatic heterocycles. The van der Waals surface area contributed by atoms with Gasteiger partial charge in [0.2, 0.25) is 10.0 Å². The number of rotatable bonds is 6. The lowest BCUT2D eigenvalue weighted by Gasteiger charge is -2.22. The van der Waals surface area contributed by atoms with E-state index in [1.54, 1.807) is 13.0 Å². The predicted molar refractivity (Wildman–Crippen MR) is 72.4 cm³/mol. The van der Waals surface area contributed by atoms with Gasteiger partial charge in [-0.25, -0.2) is 8.42 Å². The number of carboxylic acids is 1. The second kappa shape index (κ2) is 6.50. The summed E-state index contributed by atoms with van der Waals surface area (Å²) < 4.78 is 26.0. The number of hydrogen-bond donors (Lipinski definition) is 1. The Morgan fingerprint density at radius 2 is 2.05 bits per heavy atom. The van der Waals surface area contributed by atoms with Gasteiger partial charge < -0.3 is 5.11 Å². The maximum atomic E-state index is 12.5. The van der Waals surface area contributed by atoms with E-state index in [2.05, 4.69) is 0 Å². The first-order valence-electron chi connectivity index (χ1n) is 6.06. The molecule has 0 amide bonds. The normalized spacial score (nSPS) is 12.9. The highest BCUT2D eigenvalue weighted by molar-refractivity contribution is 7.89. The monoisotopic (exact) mass is 296 g/mol. The molecule has 0 saturated carbocycles. The zero-order chi connectivity index (χ0) is 15.3. The number of sulfonamides is 1. The third-order valence-corrected chi connectivity index (χ3v) is 4.88. The molecule has 1 N–H and O–H groups in total. The Kier molecular flexibility index (Phi) is 5.25. The van der Waals surface area contributed by atoms with Crippen molar-refractivity contribution in [3.8, 4) is 6.07 Å². The van der Waals surface area contributed by atoms with Crippen molar-refractivity contribution < 1.29 is 18.3 Å². The van der Waals surface area contributed by atoms with Crippen molar-refractivity contribution in [2.45, 2.75) is 18.7 Å². The first kappa shape index (κ1) is 16.1. The minimum atomic E-state index is -3.87. The quantitative estimate of drug-likeness (QED) is 0.852. The van der Waals surface area contributed by atoms with Crippen molar-refractivity contribution in [3.05, 3.63) is 29.8 Å². The fourth-order valence-electron chi connectivity index (χ4n) is 1.70. The molecule has 108 valence electrons. The van der Waals surface area contributed by atoms with E-state index < -0.39 is 21.9 Å². The lowest BCUT2D eigenvalue weighted by atomic mass is 10.2. The summed E-state index contributed by atoms with van der Waals surface area (Å²) in [5.41, 5.74) is 0.0499. The van der Waals surface area contributed by atoms with E-state index in [9.17, 15) is 13.2 Å². The Labute approximate surface area is 118 Å². The molecule has 1 aromatic rings. The van der Waals surface area contributed by atoms with E-state index in [0.717, 1.165) is 4.31 Å². The van der Waals surface area contributed by atoms with Crippen LogP contribution < -0.4 is 0 Å². The Balaban J connectivity index is 3.20. The van der Waals surface area contributed by atoms with Crippen molar-refractivity contribution in [1.82, 2.24) is 4.31 Å². The van der Waals surface area contributed by atoms with Gasteiger partial charge in [0.15, 0.2) is 0 Å². The highest BCUT2D eigenvalue weighted by atomic mass is 32.2. The topological polar surface area (TPSA) is 98.5 Å². The Morgan fingerprint density at radius 3 is 2.55 bits per heavy atom. The summed E-state index contributed by atoms with van der Waals surface area (Å²) in [5, 5.41) is 17.9. The van der Waals surface area contributed by atoms with E-state index >= 15 is 0 Å². The summed E-state index contributed by atoms with van der Waals surface area (Å²) >= 11 is 0. The van der Waals surface area contributed by atoms with Crippen LogP contribution in [0.15, 0.2) is 29.2 Å². The molecule has 0 radical (unpaired) electrons. The van der Waals surface area contributed by atoms with Gasteiger partial charge in [0.25, 0.3) is 0 Å².